The Morgan fingerprint density at radius 3 is 2.17 bits per heavy atom. The van der Waals surface area contributed by atoms with E-state index in [-0.39, 0.29) is 37.3 Å². The van der Waals surface area contributed by atoms with E-state index in [4.69, 9.17) is 24.7 Å². The van der Waals surface area contributed by atoms with Crippen LogP contribution in [0.5, 0.6) is 0 Å². The molecule has 2 heterocycles. The molecule has 230 valence electrons. The summed E-state index contributed by atoms with van der Waals surface area (Å²) in [6, 6.07) is -2.86. The minimum Gasteiger partial charge on any atom is -0.388 e. The maximum Gasteiger partial charge on any atom is 0.217 e. The highest BCUT2D eigenvalue weighted by Crippen LogP contribution is 2.32. The second-order valence-corrected chi connectivity index (χ2v) is 11.1. The third-order valence-electron chi connectivity index (χ3n) is 7.55. The Labute approximate surface area is 233 Å². The molecule has 15 nitrogen and oxygen atoms in total. The number of hydrogen-bond donors (Lipinski definition) is 8. The SMILES string of the molecule is CN[C@@H]1[C@@H](O)[C@@H](O[C@@H]2[C@@H](O)[C@H](O[C@H]3O[C@H](CNC(C)=O)CC[C@H]3NC(C)=O)[C@@H](NC(C)=O)C[C@H]2N)OC[C@]1(C)O. The molecule has 9 N–H and O–H groups in total. The molecule has 40 heavy (non-hydrogen) atoms. The highest BCUT2D eigenvalue weighted by molar-refractivity contribution is 5.74. The van der Waals surface area contributed by atoms with Crippen LogP contribution in [0.3, 0.4) is 0 Å². The number of ether oxygens (including phenoxy) is 4. The third kappa shape index (κ3) is 8.08. The van der Waals surface area contributed by atoms with Gasteiger partial charge in [0, 0.05) is 33.4 Å². The van der Waals surface area contributed by atoms with Crippen LogP contribution in [-0.2, 0) is 33.3 Å². The van der Waals surface area contributed by atoms with Gasteiger partial charge in [-0.1, -0.05) is 0 Å². The monoisotopic (exact) mass is 575 g/mol. The maximum atomic E-state index is 12.0. The highest BCUT2D eigenvalue weighted by atomic mass is 16.7. The van der Waals surface area contributed by atoms with Gasteiger partial charge in [0.15, 0.2) is 12.6 Å². The van der Waals surface area contributed by atoms with Crippen molar-refractivity contribution in [3.63, 3.8) is 0 Å². The predicted molar refractivity (Wildman–Crippen MR) is 139 cm³/mol. The quantitative estimate of drug-likeness (QED) is 0.134. The van der Waals surface area contributed by atoms with Crippen molar-refractivity contribution in [2.75, 3.05) is 20.2 Å². The molecule has 3 amide bonds. The first-order valence-corrected chi connectivity index (χ1v) is 13.6. The van der Waals surface area contributed by atoms with Gasteiger partial charge in [-0.15, -0.1) is 0 Å². The number of nitrogens with one attached hydrogen (secondary N) is 4. The molecular weight excluding hydrogens is 530 g/mol. The normalized spacial score (nSPS) is 42.1. The number of nitrogens with two attached hydrogens (primary N) is 1. The van der Waals surface area contributed by atoms with Gasteiger partial charge < -0.3 is 61.3 Å². The van der Waals surface area contributed by atoms with Crippen LogP contribution < -0.4 is 27.0 Å². The lowest BCUT2D eigenvalue weighted by molar-refractivity contribution is -0.307. The average molecular weight is 576 g/mol. The van der Waals surface area contributed by atoms with Gasteiger partial charge in [-0.25, -0.2) is 0 Å². The summed E-state index contributed by atoms with van der Waals surface area (Å²) in [6.07, 6.45) is -6.37. The minimum absolute atomic E-state index is 0.142. The second-order valence-electron chi connectivity index (χ2n) is 11.1. The number of carbonyl (C=O) groups excluding carboxylic acids is 3. The number of aliphatic hydroxyl groups excluding tert-OH is 2. The van der Waals surface area contributed by atoms with Gasteiger partial charge in [-0.2, -0.15) is 0 Å². The van der Waals surface area contributed by atoms with Crippen LogP contribution in [0, 0.1) is 0 Å². The Morgan fingerprint density at radius 2 is 1.57 bits per heavy atom. The molecule has 2 saturated heterocycles. The van der Waals surface area contributed by atoms with E-state index < -0.39 is 72.9 Å². The number of amides is 3. The smallest absolute Gasteiger partial charge is 0.217 e. The van der Waals surface area contributed by atoms with Crippen molar-refractivity contribution in [1.29, 1.82) is 0 Å². The Balaban J connectivity index is 1.81. The van der Waals surface area contributed by atoms with Gasteiger partial charge in [0.1, 0.15) is 30.0 Å². The van der Waals surface area contributed by atoms with Crippen molar-refractivity contribution in [1.82, 2.24) is 21.3 Å². The minimum atomic E-state index is -1.41. The van der Waals surface area contributed by atoms with E-state index in [9.17, 15) is 29.7 Å². The first-order chi connectivity index (χ1) is 18.7. The number of rotatable bonds is 9. The van der Waals surface area contributed by atoms with Gasteiger partial charge in [0.05, 0.1) is 30.8 Å². The van der Waals surface area contributed by atoms with E-state index in [0.717, 1.165) is 0 Å². The molecule has 3 fully saturated rings. The molecule has 0 bridgehead atoms. The van der Waals surface area contributed by atoms with Crippen molar-refractivity contribution in [2.45, 2.75) is 120 Å². The molecule has 2 aliphatic heterocycles. The van der Waals surface area contributed by atoms with Crippen molar-refractivity contribution in [3.8, 4) is 0 Å². The van der Waals surface area contributed by atoms with Crippen molar-refractivity contribution >= 4 is 17.7 Å². The molecule has 0 unspecified atom stereocenters. The highest BCUT2D eigenvalue weighted by Gasteiger charge is 2.51. The zero-order chi connectivity index (χ0) is 29.8. The molecule has 3 rings (SSSR count). The lowest BCUT2D eigenvalue weighted by atomic mass is 9.83. The van der Waals surface area contributed by atoms with Gasteiger partial charge in [-0.05, 0) is 33.2 Å². The molecule has 0 aromatic heterocycles. The Kier molecular flexibility index (Phi) is 11.2. The maximum absolute atomic E-state index is 12.0. The summed E-state index contributed by atoms with van der Waals surface area (Å²) in [5.41, 5.74) is 5.01. The number of carbonyl (C=O) groups is 3. The summed E-state index contributed by atoms with van der Waals surface area (Å²) in [5, 5.41) is 44.0. The molecule has 1 aliphatic carbocycles. The largest absolute Gasteiger partial charge is 0.388 e. The van der Waals surface area contributed by atoms with Crippen molar-refractivity contribution in [3.05, 3.63) is 0 Å². The van der Waals surface area contributed by atoms with Crippen LogP contribution in [0.4, 0.5) is 0 Å². The molecular formula is C25H45N5O10. The fourth-order valence-corrected chi connectivity index (χ4v) is 5.66. The third-order valence-corrected chi connectivity index (χ3v) is 7.55. The van der Waals surface area contributed by atoms with E-state index >= 15 is 0 Å². The lowest BCUT2D eigenvalue weighted by Gasteiger charge is -2.49. The van der Waals surface area contributed by atoms with Crippen LogP contribution in [0.1, 0.15) is 47.0 Å². The van der Waals surface area contributed by atoms with Crippen LogP contribution in [0.15, 0.2) is 0 Å². The Hall–Kier alpha value is -1.95. The zero-order valence-corrected chi connectivity index (χ0v) is 23.7. The molecule has 0 spiro atoms. The summed E-state index contributed by atoms with van der Waals surface area (Å²) in [5.74, 6) is -0.887. The molecule has 1 saturated carbocycles. The molecule has 15 heteroatoms. The Morgan fingerprint density at radius 1 is 0.950 bits per heavy atom. The zero-order valence-electron chi connectivity index (χ0n) is 23.7. The van der Waals surface area contributed by atoms with Crippen LogP contribution >= 0.6 is 0 Å². The summed E-state index contributed by atoms with van der Waals surface area (Å²) >= 11 is 0. The van der Waals surface area contributed by atoms with Crippen molar-refractivity contribution in [2.24, 2.45) is 5.73 Å². The number of hydrogen-bond acceptors (Lipinski definition) is 12. The molecule has 12 atom stereocenters. The Bertz CT molecular complexity index is 894. The topological polar surface area (TPSA) is 223 Å². The van der Waals surface area contributed by atoms with Crippen molar-refractivity contribution < 1.29 is 48.7 Å². The first kappa shape index (κ1) is 32.6. The fraction of sp³-hybridized carbons (Fsp3) is 0.880. The summed E-state index contributed by atoms with van der Waals surface area (Å²) in [4.78, 5) is 35.3. The molecule has 0 radical (unpaired) electrons. The van der Waals surface area contributed by atoms with E-state index in [2.05, 4.69) is 21.3 Å². The van der Waals surface area contributed by atoms with Gasteiger partial charge in [0.2, 0.25) is 17.7 Å². The lowest BCUT2D eigenvalue weighted by Crippen LogP contribution is -2.69. The van der Waals surface area contributed by atoms with Crippen LogP contribution in [0.25, 0.3) is 0 Å². The van der Waals surface area contributed by atoms with Crippen LogP contribution in [0.2, 0.25) is 0 Å². The second kappa shape index (κ2) is 13.8. The number of likely N-dealkylation sites (N-methyl/N-ethyl adjacent to an activating group) is 1. The average Bonchev–Trinajstić information content (AvgIpc) is 2.84. The van der Waals surface area contributed by atoms with E-state index in [0.29, 0.717) is 12.8 Å². The predicted octanol–water partition coefficient (Wildman–Crippen LogP) is -3.44. The molecule has 0 aromatic carbocycles. The first-order valence-electron chi connectivity index (χ1n) is 13.6. The standard InChI is InChI=1S/C25H45N5O10/c1-11(31)28-9-14-6-7-16(29-12(2)32)23(38-14)40-21-17(30-13(3)33)8-15(26)20(18(21)34)39-24-19(35)22(27-5)25(4,36)10-37-24/h14-24,27,34-36H,6-10,26H2,1-5H3,(H,28,31)(H,29,32)(H,30,33)/t14-,15+,16+,17-,18+,19+,20-,21+,22+,23+,24+,25-/m0/s1. The fourth-order valence-electron chi connectivity index (χ4n) is 5.66. The van der Waals surface area contributed by atoms with E-state index in [1.807, 2.05) is 0 Å². The summed E-state index contributed by atoms with van der Waals surface area (Å²) in [6.45, 7) is 5.69. The summed E-state index contributed by atoms with van der Waals surface area (Å²) in [7, 11) is 1.59. The molecule has 0 aromatic rings. The summed E-state index contributed by atoms with van der Waals surface area (Å²) < 4.78 is 23.9. The van der Waals surface area contributed by atoms with E-state index in [1.54, 1.807) is 7.05 Å². The molecule has 3 aliphatic rings. The van der Waals surface area contributed by atoms with Gasteiger partial charge in [-0.3, -0.25) is 14.4 Å². The van der Waals surface area contributed by atoms with Crippen LogP contribution in [-0.4, -0.2) is 126 Å². The van der Waals surface area contributed by atoms with Gasteiger partial charge in [0.25, 0.3) is 0 Å². The number of aliphatic hydroxyl groups is 3. The van der Waals surface area contributed by atoms with E-state index in [1.165, 1.54) is 27.7 Å². The van der Waals surface area contributed by atoms with Gasteiger partial charge >= 0.3 is 0 Å².